The zero-order valence-electron chi connectivity index (χ0n) is 14.2. The minimum absolute atomic E-state index is 0. The molecule has 0 radical (unpaired) electrons. The molecule has 0 spiro atoms. The summed E-state index contributed by atoms with van der Waals surface area (Å²) in [7, 11) is 0. The minimum atomic E-state index is -0.471. The molecule has 2 heterocycles. The third kappa shape index (κ3) is 3.15. The number of benzene rings is 1. The summed E-state index contributed by atoms with van der Waals surface area (Å²) in [5.74, 6) is 0. The second-order valence-corrected chi connectivity index (χ2v) is 5.79. The van der Waals surface area contributed by atoms with Crippen molar-refractivity contribution in [1.82, 2.24) is 19.1 Å². The number of fused-ring (bicyclic) bond motifs is 2. The fraction of sp³-hybridized carbons (Fsp3) is 0.375. The van der Waals surface area contributed by atoms with Gasteiger partial charge in [-0.05, 0) is 37.1 Å². The number of hydrogen-bond acceptors (Lipinski definition) is 6. The molecule has 0 aliphatic carbocycles. The summed E-state index contributed by atoms with van der Waals surface area (Å²) in [6, 6.07) is 3.79. The van der Waals surface area contributed by atoms with Crippen LogP contribution in [0.2, 0.25) is 0 Å². The van der Waals surface area contributed by atoms with Gasteiger partial charge in [0.25, 0.3) is 5.56 Å². The van der Waals surface area contributed by atoms with Gasteiger partial charge in [-0.2, -0.15) is 0 Å². The number of aromatic nitrogens is 4. The van der Waals surface area contributed by atoms with Crippen LogP contribution in [-0.4, -0.2) is 32.2 Å². The molecular weight excluding hydrogens is 344 g/mol. The summed E-state index contributed by atoms with van der Waals surface area (Å²) < 4.78 is 2.49. The van der Waals surface area contributed by atoms with Gasteiger partial charge in [-0.15, -0.1) is 12.4 Å². The van der Waals surface area contributed by atoms with Crippen molar-refractivity contribution in [2.24, 2.45) is 11.5 Å². The van der Waals surface area contributed by atoms with E-state index in [0.717, 1.165) is 15.7 Å². The molecule has 0 unspecified atom stereocenters. The minimum Gasteiger partial charge on any atom is -0.329 e. The van der Waals surface area contributed by atoms with Crippen LogP contribution in [0.5, 0.6) is 0 Å². The number of halogens is 1. The maximum absolute atomic E-state index is 12.7. The van der Waals surface area contributed by atoms with E-state index in [9.17, 15) is 9.59 Å². The summed E-state index contributed by atoms with van der Waals surface area (Å²) in [6.07, 6.45) is 0. The van der Waals surface area contributed by atoms with Crippen molar-refractivity contribution in [2.45, 2.75) is 26.9 Å². The van der Waals surface area contributed by atoms with Crippen molar-refractivity contribution in [3.05, 3.63) is 44.1 Å². The van der Waals surface area contributed by atoms with Crippen LogP contribution in [-0.2, 0) is 13.1 Å². The number of rotatable bonds is 4. The Morgan fingerprint density at radius 1 is 0.920 bits per heavy atom. The molecule has 8 nitrogen and oxygen atoms in total. The van der Waals surface area contributed by atoms with Gasteiger partial charge < -0.3 is 11.5 Å². The number of nitrogens with two attached hydrogens (primary N) is 2. The van der Waals surface area contributed by atoms with Crippen LogP contribution < -0.4 is 22.7 Å². The molecule has 1 aromatic carbocycles. The molecule has 2 aromatic heterocycles. The van der Waals surface area contributed by atoms with Gasteiger partial charge in [0.1, 0.15) is 0 Å². The molecule has 0 amide bonds. The third-order valence-corrected chi connectivity index (χ3v) is 4.13. The lowest BCUT2D eigenvalue weighted by atomic mass is 10.1. The molecule has 0 aliphatic rings. The first-order chi connectivity index (χ1) is 11.5. The van der Waals surface area contributed by atoms with Crippen LogP contribution in [0.3, 0.4) is 0 Å². The molecular formula is C16H21ClN6O2. The molecule has 3 aromatic rings. The number of hydrogen-bond donors (Lipinski definition) is 2. The second-order valence-electron chi connectivity index (χ2n) is 5.79. The molecule has 0 saturated carbocycles. The lowest BCUT2D eigenvalue weighted by Crippen LogP contribution is -2.43. The van der Waals surface area contributed by atoms with Gasteiger partial charge in [-0.25, -0.2) is 14.8 Å². The van der Waals surface area contributed by atoms with E-state index in [1.807, 2.05) is 26.0 Å². The van der Waals surface area contributed by atoms with Crippen molar-refractivity contribution < 1.29 is 0 Å². The van der Waals surface area contributed by atoms with Crippen LogP contribution in [0.4, 0.5) is 0 Å². The molecule has 0 bridgehead atoms. The second kappa shape index (κ2) is 7.30. The maximum atomic E-state index is 12.7. The van der Waals surface area contributed by atoms with Gasteiger partial charge in [0.2, 0.25) is 0 Å². The van der Waals surface area contributed by atoms with Crippen LogP contribution >= 0.6 is 12.4 Å². The van der Waals surface area contributed by atoms with E-state index < -0.39 is 11.2 Å². The quantitative estimate of drug-likeness (QED) is 0.631. The van der Waals surface area contributed by atoms with E-state index in [4.69, 9.17) is 11.5 Å². The van der Waals surface area contributed by atoms with Crippen LogP contribution in [0, 0.1) is 13.8 Å². The van der Waals surface area contributed by atoms with Crippen molar-refractivity contribution >= 4 is 34.6 Å². The van der Waals surface area contributed by atoms with Gasteiger partial charge in [0, 0.05) is 26.2 Å². The Kier molecular flexibility index (Phi) is 5.56. The smallest absolute Gasteiger partial charge is 0.329 e. The first kappa shape index (κ1) is 19.0. The topological polar surface area (TPSA) is 122 Å². The summed E-state index contributed by atoms with van der Waals surface area (Å²) in [6.45, 7) is 4.77. The molecule has 0 saturated heterocycles. The molecule has 134 valence electrons. The van der Waals surface area contributed by atoms with Crippen molar-refractivity contribution in [2.75, 3.05) is 13.1 Å². The Hall–Kier alpha value is -2.29. The van der Waals surface area contributed by atoms with E-state index >= 15 is 0 Å². The largest absolute Gasteiger partial charge is 0.332 e. The van der Waals surface area contributed by atoms with E-state index in [2.05, 4.69) is 9.97 Å². The number of nitrogens with zero attached hydrogens (tertiary/aromatic N) is 4. The molecule has 25 heavy (non-hydrogen) atoms. The predicted molar refractivity (Wildman–Crippen MR) is 100 cm³/mol. The van der Waals surface area contributed by atoms with E-state index in [1.54, 1.807) is 0 Å². The average Bonchev–Trinajstić information content (AvgIpc) is 2.55. The van der Waals surface area contributed by atoms with Gasteiger partial charge >= 0.3 is 5.69 Å². The fourth-order valence-electron chi connectivity index (χ4n) is 2.74. The van der Waals surface area contributed by atoms with Gasteiger partial charge in [0.15, 0.2) is 11.2 Å². The first-order valence-corrected chi connectivity index (χ1v) is 7.80. The highest BCUT2D eigenvalue weighted by Gasteiger charge is 2.16. The molecule has 4 N–H and O–H groups in total. The van der Waals surface area contributed by atoms with Crippen LogP contribution in [0.15, 0.2) is 21.7 Å². The standard InChI is InChI=1S/C16H20N6O2.ClH/c1-9-7-11-12(8-10(9)2)20-14-13(19-11)15(23)22(6-4-18)16(24)21(14)5-3-17;/h7-8H,3-6,17-18H2,1-2H3;1H. The SMILES string of the molecule is Cc1cc2nc3c(=O)n(CCN)c(=O)n(CCN)c3nc2cc1C.Cl. The molecule has 9 heteroatoms. The molecule has 0 fully saturated rings. The van der Waals surface area contributed by atoms with E-state index in [1.165, 1.54) is 4.57 Å². The normalized spacial score (nSPS) is 11.0. The lowest BCUT2D eigenvalue weighted by Gasteiger charge is -2.13. The Labute approximate surface area is 149 Å². The highest BCUT2D eigenvalue weighted by Crippen LogP contribution is 2.18. The molecule has 0 aliphatic heterocycles. The fourth-order valence-corrected chi connectivity index (χ4v) is 2.74. The Morgan fingerprint density at radius 2 is 1.44 bits per heavy atom. The highest BCUT2D eigenvalue weighted by atomic mass is 35.5. The Morgan fingerprint density at radius 3 is 2.00 bits per heavy atom. The van der Waals surface area contributed by atoms with Crippen molar-refractivity contribution in [1.29, 1.82) is 0 Å². The predicted octanol–water partition coefficient (Wildman–Crippen LogP) is 0.0624. The average molecular weight is 365 g/mol. The zero-order valence-corrected chi connectivity index (χ0v) is 15.0. The monoisotopic (exact) mass is 364 g/mol. The molecule has 3 rings (SSSR count). The van der Waals surface area contributed by atoms with Gasteiger partial charge in [-0.3, -0.25) is 13.9 Å². The molecule has 0 atom stereocenters. The summed E-state index contributed by atoms with van der Waals surface area (Å²) >= 11 is 0. The van der Waals surface area contributed by atoms with Crippen LogP contribution in [0.25, 0.3) is 22.2 Å². The first-order valence-electron chi connectivity index (χ1n) is 7.80. The van der Waals surface area contributed by atoms with Gasteiger partial charge in [-0.1, -0.05) is 0 Å². The maximum Gasteiger partial charge on any atom is 0.332 e. The highest BCUT2D eigenvalue weighted by molar-refractivity contribution is 5.85. The summed E-state index contributed by atoms with van der Waals surface area (Å²) in [5, 5.41) is 0. The zero-order chi connectivity index (χ0) is 17.4. The Balaban J connectivity index is 0.00000225. The number of aryl methyl sites for hydroxylation is 2. The van der Waals surface area contributed by atoms with Gasteiger partial charge in [0.05, 0.1) is 11.0 Å². The Bertz CT molecular complexity index is 1060. The van der Waals surface area contributed by atoms with E-state index in [-0.39, 0.29) is 49.7 Å². The van der Waals surface area contributed by atoms with Crippen molar-refractivity contribution in [3.63, 3.8) is 0 Å². The van der Waals surface area contributed by atoms with E-state index in [0.29, 0.717) is 11.0 Å². The summed E-state index contributed by atoms with van der Waals surface area (Å²) in [5.41, 5.74) is 14.0. The van der Waals surface area contributed by atoms with Crippen LogP contribution in [0.1, 0.15) is 11.1 Å². The lowest BCUT2D eigenvalue weighted by molar-refractivity contribution is 0.574. The summed E-state index contributed by atoms with van der Waals surface area (Å²) in [4.78, 5) is 34.2. The third-order valence-electron chi connectivity index (χ3n) is 4.13. The van der Waals surface area contributed by atoms with Crippen molar-refractivity contribution in [3.8, 4) is 0 Å².